The summed E-state index contributed by atoms with van der Waals surface area (Å²) < 4.78 is 0. The molecule has 0 bridgehead atoms. The summed E-state index contributed by atoms with van der Waals surface area (Å²) in [5, 5.41) is 2.74. The molecule has 1 amide bonds. The number of hydrogen-bond acceptors (Lipinski definition) is 3. The van der Waals surface area contributed by atoms with Gasteiger partial charge in [-0.05, 0) is 38.3 Å². The third-order valence-corrected chi connectivity index (χ3v) is 3.27. The number of allylic oxidation sites excluding steroid dienone is 3. The van der Waals surface area contributed by atoms with Crippen LogP contribution in [0.4, 0.5) is 11.5 Å². The van der Waals surface area contributed by atoms with Gasteiger partial charge in [0.05, 0.1) is 11.9 Å². The smallest absolute Gasteiger partial charge is 0.249 e. The standard InChI is InChI=1S/C16H21N3O/c1-2-3-5-8-16(20)18-15-10-9-14(13-17-15)19-11-6-4-7-12-19/h2-3,5,8-10,13H,4,6-7,11-12H2,1H3,(H,17,18,20)/b3-2+,8-5+. The number of aromatic nitrogens is 1. The van der Waals surface area contributed by atoms with E-state index < -0.39 is 0 Å². The molecule has 0 unspecified atom stereocenters. The van der Waals surface area contributed by atoms with E-state index in [9.17, 15) is 4.79 Å². The van der Waals surface area contributed by atoms with Gasteiger partial charge in [-0.1, -0.05) is 18.2 Å². The van der Waals surface area contributed by atoms with E-state index >= 15 is 0 Å². The zero-order valence-corrected chi connectivity index (χ0v) is 11.9. The predicted octanol–water partition coefficient (Wildman–Crippen LogP) is 3.14. The molecule has 1 N–H and O–H groups in total. The lowest BCUT2D eigenvalue weighted by atomic mass is 10.1. The highest BCUT2D eigenvalue weighted by Crippen LogP contribution is 2.19. The number of hydrogen-bond donors (Lipinski definition) is 1. The first-order valence-electron chi connectivity index (χ1n) is 7.11. The maximum absolute atomic E-state index is 11.6. The minimum absolute atomic E-state index is 0.165. The van der Waals surface area contributed by atoms with E-state index in [-0.39, 0.29) is 5.91 Å². The monoisotopic (exact) mass is 271 g/mol. The van der Waals surface area contributed by atoms with Crippen LogP contribution >= 0.6 is 0 Å². The van der Waals surface area contributed by atoms with E-state index in [1.807, 2.05) is 37.4 Å². The number of carbonyl (C=O) groups is 1. The van der Waals surface area contributed by atoms with Crippen molar-refractivity contribution in [1.82, 2.24) is 4.98 Å². The Hall–Kier alpha value is -2.10. The fourth-order valence-corrected chi connectivity index (χ4v) is 2.22. The first-order valence-corrected chi connectivity index (χ1v) is 7.11. The molecule has 4 nitrogen and oxygen atoms in total. The summed E-state index contributed by atoms with van der Waals surface area (Å²) in [5.41, 5.74) is 1.13. The Labute approximate surface area is 120 Å². The molecule has 1 aliphatic rings. The molecule has 1 aromatic rings. The van der Waals surface area contributed by atoms with Gasteiger partial charge in [0.2, 0.25) is 5.91 Å². The summed E-state index contributed by atoms with van der Waals surface area (Å²) in [4.78, 5) is 18.2. The van der Waals surface area contributed by atoms with E-state index in [2.05, 4.69) is 15.2 Å². The van der Waals surface area contributed by atoms with E-state index in [1.54, 1.807) is 6.08 Å². The quantitative estimate of drug-likeness (QED) is 0.676. The van der Waals surface area contributed by atoms with Crippen molar-refractivity contribution in [2.75, 3.05) is 23.3 Å². The average Bonchev–Trinajstić information content (AvgIpc) is 2.49. The summed E-state index contributed by atoms with van der Waals surface area (Å²) in [6, 6.07) is 3.87. The van der Waals surface area contributed by atoms with Gasteiger partial charge in [0.25, 0.3) is 0 Å². The fourth-order valence-electron chi connectivity index (χ4n) is 2.22. The molecule has 1 aromatic heterocycles. The van der Waals surface area contributed by atoms with Gasteiger partial charge in [0, 0.05) is 19.2 Å². The zero-order chi connectivity index (χ0) is 14.2. The molecule has 2 rings (SSSR count). The van der Waals surface area contributed by atoms with Crippen LogP contribution in [0, 0.1) is 0 Å². The van der Waals surface area contributed by atoms with Crippen LogP contribution < -0.4 is 10.2 Å². The Kier molecular flexibility index (Phi) is 5.35. The van der Waals surface area contributed by atoms with Crippen molar-refractivity contribution in [1.29, 1.82) is 0 Å². The van der Waals surface area contributed by atoms with Gasteiger partial charge in [-0.15, -0.1) is 0 Å². The lowest BCUT2D eigenvalue weighted by molar-refractivity contribution is -0.111. The number of rotatable bonds is 4. The number of anilines is 2. The highest BCUT2D eigenvalue weighted by Gasteiger charge is 2.11. The SMILES string of the molecule is C/C=C/C=C/C(=O)Nc1ccc(N2CCCCC2)cn1. The van der Waals surface area contributed by atoms with Gasteiger partial charge in [0.15, 0.2) is 0 Å². The number of nitrogens with zero attached hydrogens (tertiary/aromatic N) is 2. The van der Waals surface area contributed by atoms with Crippen molar-refractivity contribution in [3.8, 4) is 0 Å². The lowest BCUT2D eigenvalue weighted by Crippen LogP contribution is -2.29. The molecule has 106 valence electrons. The van der Waals surface area contributed by atoms with Crippen molar-refractivity contribution in [3.05, 3.63) is 42.6 Å². The first-order chi connectivity index (χ1) is 9.79. The molecule has 1 aliphatic heterocycles. The second kappa shape index (κ2) is 7.48. The normalized spacial score (nSPS) is 15.9. The van der Waals surface area contributed by atoms with Gasteiger partial charge in [-0.2, -0.15) is 0 Å². The van der Waals surface area contributed by atoms with Crippen molar-refractivity contribution in [3.63, 3.8) is 0 Å². The van der Waals surface area contributed by atoms with Crippen LogP contribution in [-0.2, 0) is 4.79 Å². The summed E-state index contributed by atoms with van der Waals surface area (Å²) in [6.07, 6.45) is 12.5. The summed E-state index contributed by atoms with van der Waals surface area (Å²) in [6.45, 7) is 4.10. The van der Waals surface area contributed by atoms with E-state index in [0.717, 1.165) is 18.8 Å². The molecule has 20 heavy (non-hydrogen) atoms. The lowest BCUT2D eigenvalue weighted by Gasteiger charge is -2.28. The Balaban J connectivity index is 1.92. The van der Waals surface area contributed by atoms with Crippen LogP contribution in [0.15, 0.2) is 42.6 Å². The van der Waals surface area contributed by atoms with Gasteiger partial charge in [0.1, 0.15) is 5.82 Å². The minimum atomic E-state index is -0.165. The van der Waals surface area contributed by atoms with Crippen molar-refractivity contribution >= 4 is 17.4 Å². The summed E-state index contributed by atoms with van der Waals surface area (Å²) in [5.74, 6) is 0.419. The van der Waals surface area contributed by atoms with Crippen LogP contribution in [0.2, 0.25) is 0 Å². The second-order valence-electron chi connectivity index (χ2n) is 4.82. The molecule has 0 saturated carbocycles. The number of nitrogens with one attached hydrogen (secondary N) is 1. The molecule has 2 heterocycles. The van der Waals surface area contributed by atoms with Gasteiger partial charge < -0.3 is 10.2 Å². The molecular formula is C16H21N3O. The highest BCUT2D eigenvalue weighted by atomic mass is 16.1. The predicted molar refractivity (Wildman–Crippen MR) is 82.9 cm³/mol. The van der Waals surface area contributed by atoms with Gasteiger partial charge >= 0.3 is 0 Å². The number of pyridine rings is 1. The van der Waals surface area contributed by atoms with E-state index in [1.165, 1.54) is 25.3 Å². The molecular weight excluding hydrogens is 250 g/mol. The molecule has 0 aliphatic carbocycles. The van der Waals surface area contributed by atoms with Gasteiger partial charge in [-0.3, -0.25) is 4.79 Å². The Morgan fingerprint density at radius 2 is 2.05 bits per heavy atom. The molecule has 4 heteroatoms. The number of carbonyl (C=O) groups excluding carboxylic acids is 1. The van der Waals surface area contributed by atoms with E-state index in [4.69, 9.17) is 0 Å². The number of piperidine rings is 1. The number of amides is 1. The summed E-state index contributed by atoms with van der Waals surface area (Å²) >= 11 is 0. The molecule has 1 fully saturated rings. The van der Waals surface area contributed by atoms with Crippen LogP contribution in [0.3, 0.4) is 0 Å². The van der Waals surface area contributed by atoms with Gasteiger partial charge in [-0.25, -0.2) is 4.98 Å². The average molecular weight is 271 g/mol. The van der Waals surface area contributed by atoms with Crippen molar-refractivity contribution < 1.29 is 4.79 Å². The van der Waals surface area contributed by atoms with Crippen LogP contribution in [0.1, 0.15) is 26.2 Å². The third-order valence-electron chi connectivity index (χ3n) is 3.27. The molecule has 0 spiro atoms. The second-order valence-corrected chi connectivity index (χ2v) is 4.82. The topological polar surface area (TPSA) is 45.2 Å². The van der Waals surface area contributed by atoms with Crippen LogP contribution in [0.5, 0.6) is 0 Å². The fraction of sp³-hybridized carbons (Fsp3) is 0.375. The Morgan fingerprint density at radius 1 is 1.25 bits per heavy atom. The molecule has 0 aromatic carbocycles. The largest absolute Gasteiger partial charge is 0.370 e. The van der Waals surface area contributed by atoms with Crippen LogP contribution in [-0.4, -0.2) is 24.0 Å². The van der Waals surface area contributed by atoms with E-state index in [0.29, 0.717) is 5.82 Å². The third kappa shape index (κ3) is 4.23. The van der Waals surface area contributed by atoms with Crippen molar-refractivity contribution in [2.24, 2.45) is 0 Å². The Morgan fingerprint density at radius 3 is 2.70 bits per heavy atom. The van der Waals surface area contributed by atoms with Crippen molar-refractivity contribution in [2.45, 2.75) is 26.2 Å². The minimum Gasteiger partial charge on any atom is -0.370 e. The zero-order valence-electron chi connectivity index (χ0n) is 11.9. The highest BCUT2D eigenvalue weighted by molar-refractivity contribution is 5.98. The molecule has 0 atom stereocenters. The van der Waals surface area contributed by atoms with Crippen LogP contribution in [0.25, 0.3) is 0 Å². The summed E-state index contributed by atoms with van der Waals surface area (Å²) in [7, 11) is 0. The Bertz CT molecular complexity index is 485. The maximum Gasteiger partial charge on any atom is 0.249 e. The molecule has 0 radical (unpaired) electrons. The maximum atomic E-state index is 11.6. The first kappa shape index (κ1) is 14.3. The molecule has 1 saturated heterocycles.